The molecule has 0 radical (unpaired) electrons. The smallest absolute Gasteiger partial charge is 0.273 e. The number of amides is 1. The second-order valence-electron chi connectivity index (χ2n) is 4.85. The third-order valence-corrected chi connectivity index (χ3v) is 3.43. The summed E-state index contributed by atoms with van der Waals surface area (Å²) in [6.45, 7) is 2.38. The van der Waals surface area contributed by atoms with Crippen LogP contribution >= 0.6 is 0 Å². The lowest BCUT2D eigenvalue weighted by atomic mass is 10.1. The minimum atomic E-state index is -0.216. The van der Waals surface area contributed by atoms with Crippen molar-refractivity contribution >= 4 is 5.91 Å². The highest BCUT2D eigenvalue weighted by atomic mass is 16.2. The number of rotatable bonds is 4. The van der Waals surface area contributed by atoms with Crippen LogP contribution in [0.4, 0.5) is 0 Å². The van der Waals surface area contributed by atoms with E-state index < -0.39 is 0 Å². The third-order valence-electron chi connectivity index (χ3n) is 3.43. The lowest BCUT2D eigenvalue weighted by molar-refractivity contribution is 0.0946. The maximum Gasteiger partial charge on any atom is 0.273 e. The van der Waals surface area contributed by atoms with Crippen molar-refractivity contribution in [3.63, 3.8) is 0 Å². The predicted molar refractivity (Wildman–Crippen MR) is 70.9 cm³/mol. The average Bonchev–Trinajstić information content (AvgIpc) is 3.17. The van der Waals surface area contributed by atoms with Gasteiger partial charge in [0.1, 0.15) is 0 Å². The van der Waals surface area contributed by atoms with Gasteiger partial charge in [-0.05, 0) is 25.9 Å². The fourth-order valence-electron chi connectivity index (χ4n) is 2.28. The van der Waals surface area contributed by atoms with Crippen molar-refractivity contribution in [2.45, 2.75) is 25.4 Å². The van der Waals surface area contributed by atoms with Crippen molar-refractivity contribution in [1.82, 2.24) is 35.8 Å². The zero-order chi connectivity index (χ0) is 13.8. The third kappa shape index (κ3) is 2.85. The number of aromatic amines is 1. The maximum atomic E-state index is 12.0. The first-order chi connectivity index (χ1) is 9.83. The van der Waals surface area contributed by atoms with Crippen LogP contribution in [0.5, 0.6) is 0 Å². The Kier molecular flexibility index (Phi) is 3.73. The Morgan fingerprint density at radius 3 is 3.05 bits per heavy atom. The molecule has 1 aliphatic heterocycles. The van der Waals surface area contributed by atoms with Crippen molar-refractivity contribution in [3.05, 3.63) is 29.8 Å². The second-order valence-corrected chi connectivity index (χ2v) is 4.85. The van der Waals surface area contributed by atoms with E-state index in [-0.39, 0.29) is 5.91 Å². The highest BCUT2D eigenvalue weighted by molar-refractivity contribution is 5.91. The summed E-state index contributed by atoms with van der Waals surface area (Å²) in [6.07, 6.45) is 7.16. The predicted octanol–water partition coefficient (Wildman–Crippen LogP) is -0.144. The fourth-order valence-corrected chi connectivity index (χ4v) is 2.28. The van der Waals surface area contributed by atoms with Crippen molar-refractivity contribution in [2.24, 2.45) is 0 Å². The Bertz CT molecular complexity index is 556. The van der Waals surface area contributed by atoms with Crippen LogP contribution in [-0.4, -0.2) is 44.2 Å². The van der Waals surface area contributed by atoms with Gasteiger partial charge in [-0.25, -0.2) is 4.68 Å². The molecule has 0 saturated carbocycles. The van der Waals surface area contributed by atoms with Crippen LogP contribution in [0.3, 0.4) is 0 Å². The topological polar surface area (TPSA) is 101 Å². The second kappa shape index (κ2) is 5.83. The van der Waals surface area contributed by atoms with E-state index in [0.717, 1.165) is 31.5 Å². The Hall–Kier alpha value is -2.22. The lowest BCUT2D eigenvalue weighted by Crippen LogP contribution is -2.29. The van der Waals surface area contributed by atoms with Gasteiger partial charge in [-0.1, -0.05) is 5.21 Å². The van der Waals surface area contributed by atoms with Gasteiger partial charge in [0, 0.05) is 18.3 Å². The molecular weight excluding hydrogens is 258 g/mol. The van der Waals surface area contributed by atoms with Gasteiger partial charge in [-0.2, -0.15) is 5.10 Å². The highest BCUT2D eigenvalue weighted by Crippen LogP contribution is 2.16. The first-order valence-corrected chi connectivity index (χ1v) is 6.71. The number of carbonyl (C=O) groups excluding carboxylic acids is 1. The quantitative estimate of drug-likeness (QED) is 0.721. The molecule has 0 aliphatic carbocycles. The largest absolute Gasteiger partial charge is 0.346 e. The highest BCUT2D eigenvalue weighted by Gasteiger charge is 2.18. The molecule has 0 aromatic carbocycles. The zero-order valence-electron chi connectivity index (χ0n) is 11.0. The molecule has 0 bridgehead atoms. The molecular formula is C12H17N7O. The van der Waals surface area contributed by atoms with Crippen LogP contribution in [-0.2, 0) is 6.54 Å². The van der Waals surface area contributed by atoms with Crippen LogP contribution in [0, 0.1) is 0 Å². The van der Waals surface area contributed by atoms with Crippen LogP contribution in [0.25, 0.3) is 0 Å². The first-order valence-electron chi connectivity index (χ1n) is 6.71. The molecule has 1 saturated heterocycles. The van der Waals surface area contributed by atoms with Gasteiger partial charge in [0.05, 0.1) is 18.4 Å². The summed E-state index contributed by atoms with van der Waals surface area (Å²) in [5.41, 5.74) is 1.27. The fraction of sp³-hybridized carbons (Fsp3) is 0.500. The molecule has 8 nitrogen and oxygen atoms in total. The molecule has 0 atom stereocenters. The van der Waals surface area contributed by atoms with Crippen molar-refractivity contribution in [2.75, 3.05) is 13.1 Å². The normalized spacial score (nSPS) is 16.2. The number of nitrogens with one attached hydrogen (secondary N) is 3. The standard InChI is InChI=1S/C12H17N7O/c20-12(14-5-9-6-15-16-7-9)11-8-19(18-17-11)10-1-3-13-4-2-10/h6-8,10,13H,1-5H2,(H,14,20)(H,15,16). The van der Waals surface area contributed by atoms with E-state index in [1.807, 2.05) is 0 Å². The van der Waals surface area contributed by atoms with Crippen LogP contribution in [0.15, 0.2) is 18.6 Å². The molecule has 2 aromatic heterocycles. The summed E-state index contributed by atoms with van der Waals surface area (Å²) in [5, 5.41) is 20.6. The molecule has 20 heavy (non-hydrogen) atoms. The molecule has 0 unspecified atom stereocenters. The van der Waals surface area contributed by atoms with E-state index in [0.29, 0.717) is 18.3 Å². The molecule has 0 spiro atoms. The van der Waals surface area contributed by atoms with E-state index in [4.69, 9.17) is 0 Å². The van der Waals surface area contributed by atoms with Gasteiger partial charge < -0.3 is 10.6 Å². The number of nitrogens with zero attached hydrogens (tertiary/aromatic N) is 4. The Morgan fingerprint density at radius 1 is 1.45 bits per heavy atom. The van der Waals surface area contributed by atoms with Crippen LogP contribution < -0.4 is 10.6 Å². The number of piperidine rings is 1. The first kappa shape index (κ1) is 12.8. The summed E-state index contributed by atoms with van der Waals surface area (Å²) >= 11 is 0. The number of H-pyrrole nitrogens is 1. The average molecular weight is 275 g/mol. The Labute approximate surface area is 115 Å². The van der Waals surface area contributed by atoms with E-state index in [2.05, 4.69) is 31.1 Å². The van der Waals surface area contributed by atoms with Gasteiger partial charge >= 0.3 is 0 Å². The van der Waals surface area contributed by atoms with Crippen molar-refractivity contribution < 1.29 is 4.79 Å². The molecule has 3 rings (SSSR count). The molecule has 2 aromatic rings. The van der Waals surface area contributed by atoms with Gasteiger partial charge in [-0.3, -0.25) is 9.89 Å². The summed E-state index contributed by atoms with van der Waals surface area (Å²) in [7, 11) is 0. The number of aromatic nitrogens is 5. The number of carbonyl (C=O) groups is 1. The summed E-state index contributed by atoms with van der Waals surface area (Å²) in [4.78, 5) is 12.0. The van der Waals surface area contributed by atoms with E-state index in [9.17, 15) is 4.79 Å². The SMILES string of the molecule is O=C(NCc1cn[nH]c1)c1cn(C2CCNCC2)nn1. The summed E-state index contributed by atoms with van der Waals surface area (Å²) < 4.78 is 1.80. The van der Waals surface area contributed by atoms with Crippen LogP contribution in [0.2, 0.25) is 0 Å². The Morgan fingerprint density at radius 2 is 2.30 bits per heavy atom. The molecule has 106 valence electrons. The maximum absolute atomic E-state index is 12.0. The van der Waals surface area contributed by atoms with Crippen LogP contribution in [0.1, 0.15) is 34.9 Å². The lowest BCUT2D eigenvalue weighted by Gasteiger charge is -2.22. The monoisotopic (exact) mass is 275 g/mol. The molecule has 1 amide bonds. The van der Waals surface area contributed by atoms with E-state index >= 15 is 0 Å². The minimum Gasteiger partial charge on any atom is -0.346 e. The van der Waals surface area contributed by atoms with Gasteiger partial charge in [0.15, 0.2) is 5.69 Å². The van der Waals surface area contributed by atoms with E-state index in [1.165, 1.54) is 0 Å². The zero-order valence-corrected chi connectivity index (χ0v) is 11.0. The molecule has 1 aliphatic rings. The number of hydrogen-bond donors (Lipinski definition) is 3. The summed E-state index contributed by atoms with van der Waals surface area (Å²) in [6, 6.07) is 0.333. The molecule has 3 N–H and O–H groups in total. The van der Waals surface area contributed by atoms with E-state index in [1.54, 1.807) is 23.3 Å². The molecule has 8 heteroatoms. The minimum absolute atomic E-state index is 0.216. The van der Waals surface area contributed by atoms with Crippen molar-refractivity contribution in [3.8, 4) is 0 Å². The van der Waals surface area contributed by atoms with Gasteiger partial charge in [0.2, 0.25) is 0 Å². The van der Waals surface area contributed by atoms with Gasteiger partial charge in [0.25, 0.3) is 5.91 Å². The molecule has 1 fully saturated rings. The summed E-state index contributed by atoms with van der Waals surface area (Å²) in [5.74, 6) is -0.216. The number of hydrogen-bond acceptors (Lipinski definition) is 5. The van der Waals surface area contributed by atoms with Gasteiger partial charge in [-0.15, -0.1) is 5.10 Å². The molecule has 3 heterocycles. The van der Waals surface area contributed by atoms with Crippen molar-refractivity contribution in [1.29, 1.82) is 0 Å². The Balaban J connectivity index is 1.59.